The van der Waals surface area contributed by atoms with E-state index < -0.39 is 12.0 Å². The summed E-state index contributed by atoms with van der Waals surface area (Å²) >= 11 is 0. The smallest absolute Gasteiger partial charge is 0.328 e. The Labute approximate surface area is 141 Å². The minimum absolute atomic E-state index is 0.0344. The van der Waals surface area contributed by atoms with Gasteiger partial charge < -0.3 is 14.8 Å². The molecule has 0 bridgehead atoms. The molecule has 5 heteroatoms. The number of carbonyl (C=O) groups excluding carboxylic acids is 2. The van der Waals surface area contributed by atoms with Gasteiger partial charge in [0.2, 0.25) is 0 Å². The summed E-state index contributed by atoms with van der Waals surface area (Å²) in [4.78, 5) is 24.7. The summed E-state index contributed by atoms with van der Waals surface area (Å²) in [6, 6.07) is 10.6. The lowest BCUT2D eigenvalue weighted by Crippen LogP contribution is -2.45. The Kier molecular flexibility index (Phi) is 5.79. The predicted molar refractivity (Wildman–Crippen MR) is 93.2 cm³/mol. The summed E-state index contributed by atoms with van der Waals surface area (Å²) in [5.41, 5.74) is 0.397. The molecule has 0 radical (unpaired) electrons. The normalized spacial score (nSPS) is 13.2. The first kappa shape index (κ1) is 17.8. The molecule has 24 heavy (non-hydrogen) atoms. The van der Waals surface area contributed by atoms with Gasteiger partial charge in [-0.25, -0.2) is 4.79 Å². The molecule has 128 valence electrons. The number of nitrogens with one attached hydrogen (secondary N) is 1. The molecule has 0 fully saturated rings. The molecule has 2 atom stereocenters. The lowest BCUT2D eigenvalue weighted by Gasteiger charge is -2.22. The molecule has 0 saturated carbocycles. The maximum Gasteiger partial charge on any atom is 0.328 e. The van der Waals surface area contributed by atoms with E-state index in [4.69, 9.17) is 9.47 Å². The highest BCUT2D eigenvalue weighted by atomic mass is 16.5. The Balaban J connectivity index is 2.37. The van der Waals surface area contributed by atoms with Crippen molar-refractivity contribution in [2.75, 3.05) is 14.2 Å². The highest BCUT2D eigenvalue weighted by Gasteiger charge is 2.28. The zero-order chi connectivity index (χ0) is 17.7. The van der Waals surface area contributed by atoms with Gasteiger partial charge in [-0.05, 0) is 28.8 Å². The molecule has 0 aliphatic heterocycles. The average Bonchev–Trinajstić information content (AvgIpc) is 2.63. The lowest BCUT2D eigenvalue weighted by molar-refractivity contribution is -0.144. The van der Waals surface area contributed by atoms with Crippen LogP contribution >= 0.6 is 0 Å². The maximum absolute atomic E-state index is 12.7. The monoisotopic (exact) mass is 329 g/mol. The lowest BCUT2D eigenvalue weighted by atomic mass is 9.98. The van der Waals surface area contributed by atoms with E-state index in [1.165, 1.54) is 14.2 Å². The van der Waals surface area contributed by atoms with Crippen LogP contribution in [0, 0.1) is 5.92 Å². The number of amides is 1. The zero-order valence-corrected chi connectivity index (χ0v) is 14.5. The molecule has 0 spiro atoms. The van der Waals surface area contributed by atoms with Crippen LogP contribution in [0.5, 0.6) is 5.75 Å². The Bertz CT molecular complexity index is 741. The van der Waals surface area contributed by atoms with Crippen molar-refractivity contribution >= 4 is 22.6 Å². The van der Waals surface area contributed by atoms with E-state index in [1.807, 2.05) is 44.2 Å². The number of rotatable bonds is 6. The van der Waals surface area contributed by atoms with Crippen LogP contribution in [0.25, 0.3) is 10.8 Å². The van der Waals surface area contributed by atoms with Crippen LogP contribution in [0.3, 0.4) is 0 Å². The van der Waals surface area contributed by atoms with Crippen LogP contribution in [-0.2, 0) is 9.53 Å². The van der Waals surface area contributed by atoms with E-state index in [9.17, 15) is 9.59 Å². The first-order valence-corrected chi connectivity index (χ1v) is 7.97. The van der Waals surface area contributed by atoms with E-state index in [1.54, 1.807) is 6.07 Å². The predicted octanol–water partition coefficient (Wildman–Crippen LogP) is 3.17. The number of benzene rings is 2. The van der Waals surface area contributed by atoms with Crippen molar-refractivity contribution < 1.29 is 19.1 Å². The van der Waals surface area contributed by atoms with Gasteiger partial charge in [-0.2, -0.15) is 0 Å². The van der Waals surface area contributed by atoms with Crippen LogP contribution in [0.1, 0.15) is 30.6 Å². The van der Waals surface area contributed by atoms with Crippen LogP contribution in [-0.4, -0.2) is 32.1 Å². The zero-order valence-electron chi connectivity index (χ0n) is 14.5. The first-order chi connectivity index (χ1) is 11.5. The summed E-state index contributed by atoms with van der Waals surface area (Å²) in [5, 5.41) is 4.70. The van der Waals surface area contributed by atoms with E-state index >= 15 is 0 Å². The van der Waals surface area contributed by atoms with Gasteiger partial charge in [-0.1, -0.05) is 44.5 Å². The van der Waals surface area contributed by atoms with Gasteiger partial charge in [0.25, 0.3) is 5.91 Å². The molecule has 0 heterocycles. The number of methoxy groups -OCH3 is 2. The van der Waals surface area contributed by atoms with Crippen LogP contribution in [0.2, 0.25) is 0 Å². The second kappa shape index (κ2) is 7.81. The van der Waals surface area contributed by atoms with Gasteiger partial charge in [0.05, 0.1) is 19.8 Å². The number of ether oxygens (including phenoxy) is 2. The highest BCUT2D eigenvalue weighted by molar-refractivity contribution is 6.03. The third kappa shape index (κ3) is 3.67. The third-order valence-corrected chi connectivity index (χ3v) is 4.27. The van der Waals surface area contributed by atoms with E-state index in [0.717, 1.165) is 17.2 Å². The number of fused-ring (bicyclic) bond motifs is 1. The van der Waals surface area contributed by atoms with Crippen molar-refractivity contribution in [3.8, 4) is 5.75 Å². The maximum atomic E-state index is 12.7. The van der Waals surface area contributed by atoms with E-state index in [0.29, 0.717) is 11.3 Å². The molecule has 0 aliphatic rings. The molecular formula is C19H23NO4. The molecule has 2 rings (SSSR count). The number of esters is 1. The first-order valence-electron chi connectivity index (χ1n) is 7.97. The molecule has 2 aromatic carbocycles. The molecule has 0 unspecified atom stereocenters. The summed E-state index contributed by atoms with van der Waals surface area (Å²) < 4.78 is 10.2. The van der Waals surface area contributed by atoms with E-state index in [-0.39, 0.29) is 11.8 Å². The van der Waals surface area contributed by atoms with Crippen molar-refractivity contribution in [1.29, 1.82) is 0 Å². The summed E-state index contributed by atoms with van der Waals surface area (Å²) in [7, 11) is 2.84. The number of hydrogen-bond donors (Lipinski definition) is 1. The SMILES string of the molecule is CC[C@@H](C)[C@H](NC(=O)c1cc2ccccc2cc1OC)C(=O)OC. The minimum Gasteiger partial charge on any atom is -0.496 e. The molecule has 1 N–H and O–H groups in total. The summed E-state index contributed by atoms with van der Waals surface area (Å²) in [6.07, 6.45) is 0.745. The fourth-order valence-corrected chi connectivity index (χ4v) is 2.58. The molecule has 2 aromatic rings. The van der Waals surface area contributed by atoms with Crippen molar-refractivity contribution in [3.05, 3.63) is 42.0 Å². The fourth-order valence-electron chi connectivity index (χ4n) is 2.58. The standard InChI is InChI=1S/C19H23NO4/c1-5-12(2)17(19(22)24-4)20-18(21)15-10-13-8-6-7-9-14(13)11-16(15)23-3/h6-12,17H,5H2,1-4H3,(H,20,21)/t12-,17+/m1/s1. The number of hydrogen-bond acceptors (Lipinski definition) is 4. The van der Waals surface area contributed by atoms with Crippen molar-refractivity contribution in [2.24, 2.45) is 5.92 Å². The second-order valence-corrected chi connectivity index (χ2v) is 5.76. The Morgan fingerprint density at radius 3 is 2.29 bits per heavy atom. The quantitative estimate of drug-likeness (QED) is 0.827. The molecule has 0 aliphatic carbocycles. The third-order valence-electron chi connectivity index (χ3n) is 4.27. The highest BCUT2D eigenvalue weighted by Crippen LogP contribution is 2.26. The van der Waals surface area contributed by atoms with Crippen LogP contribution < -0.4 is 10.1 Å². The second-order valence-electron chi connectivity index (χ2n) is 5.76. The molecule has 0 saturated heterocycles. The average molecular weight is 329 g/mol. The topological polar surface area (TPSA) is 64.6 Å². The Hall–Kier alpha value is -2.56. The van der Waals surface area contributed by atoms with Gasteiger partial charge in [-0.15, -0.1) is 0 Å². The summed E-state index contributed by atoms with van der Waals surface area (Å²) in [6.45, 7) is 3.86. The van der Waals surface area contributed by atoms with Crippen molar-refractivity contribution in [1.82, 2.24) is 5.32 Å². The van der Waals surface area contributed by atoms with Crippen molar-refractivity contribution in [3.63, 3.8) is 0 Å². The van der Waals surface area contributed by atoms with Crippen molar-refractivity contribution in [2.45, 2.75) is 26.3 Å². The largest absolute Gasteiger partial charge is 0.496 e. The molecule has 0 aromatic heterocycles. The molecule has 5 nitrogen and oxygen atoms in total. The van der Waals surface area contributed by atoms with Gasteiger partial charge in [0.1, 0.15) is 11.8 Å². The Morgan fingerprint density at radius 2 is 1.75 bits per heavy atom. The van der Waals surface area contributed by atoms with Gasteiger partial charge in [0, 0.05) is 0 Å². The molecule has 1 amide bonds. The Morgan fingerprint density at radius 1 is 1.12 bits per heavy atom. The van der Waals surface area contributed by atoms with E-state index in [2.05, 4.69) is 5.32 Å². The van der Waals surface area contributed by atoms with Crippen LogP contribution in [0.15, 0.2) is 36.4 Å². The molecular weight excluding hydrogens is 306 g/mol. The minimum atomic E-state index is -0.691. The van der Waals surface area contributed by atoms with Crippen LogP contribution in [0.4, 0.5) is 0 Å². The van der Waals surface area contributed by atoms with Gasteiger partial charge in [0.15, 0.2) is 0 Å². The van der Waals surface area contributed by atoms with Gasteiger partial charge in [-0.3, -0.25) is 4.79 Å². The fraction of sp³-hybridized carbons (Fsp3) is 0.368. The summed E-state index contributed by atoms with van der Waals surface area (Å²) in [5.74, 6) is -0.363. The van der Waals surface area contributed by atoms with Gasteiger partial charge >= 0.3 is 5.97 Å². The number of carbonyl (C=O) groups is 2.